The van der Waals surface area contributed by atoms with Crippen molar-refractivity contribution in [2.75, 3.05) is 18.4 Å². The molecular formula is C11H21N5O2. The van der Waals surface area contributed by atoms with Gasteiger partial charge in [0.25, 0.3) is 5.56 Å². The van der Waals surface area contributed by atoms with E-state index in [1.54, 1.807) is 0 Å². The van der Waals surface area contributed by atoms with Gasteiger partial charge in [-0.05, 0) is 19.4 Å². The normalized spacial score (nSPS) is 10.6. The number of nitrogens with two attached hydrogens (primary N) is 1. The molecular weight excluding hydrogens is 234 g/mol. The van der Waals surface area contributed by atoms with Crippen molar-refractivity contribution >= 4 is 5.82 Å². The Morgan fingerprint density at radius 2 is 1.83 bits per heavy atom. The molecule has 1 aromatic heterocycles. The SMILES string of the molecule is Cn1nc(NCCCCCCN)c(=O)n(C)c1=O. The van der Waals surface area contributed by atoms with Crippen LogP contribution in [0.5, 0.6) is 0 Å². The number of aryl methyl sites for hydroxylation is 1. The molecule has 0 saturated carbocycles. The third-order valence-corrected chi connectivity index (χ3v) is 2.74. The Hall–Kier alpha value is -1.63. The van der Waals surface area contributed by atoms with Gasteiger partial charge in [-0.15, -0.1) is 5.10 Å². The number of hydrogen-bond acceptors (Lipinski definition) is 5. The second-order valence-electron chi connectivity index (χ2n) is 4.25. The zero-order valence-electron chi connectivity index (χ0n) is 11.0. The van der Waals surface area contributed by atoms with Gasteiger partial charge in [0, 0.05) is 20.6 Å². The van der Waals surface area contributed by atoms with Crippen LogP contribution >= 0.6 is 0 Å². The number of aromatic nitrogens is 3. The Balaban J connectivity index is 2.53. The summed E-state index contributed by atoms with van der Waals surface area (Å²) in [4.78, 5) is 23.1. The third-order valence-electron chi connectivity index (χ3n) is 2.74. The molecule has 0 radical (unpaired) electrons. The van der Waals surface area contributed by atoms with Crippen LogP contribution < -0.4 is 22.3 Å². The lowest BCUT2D eigenvalue weighted by atomic mass is 10.2. The van der Waals surface area contributed by atoms with Gasteiger partial charge in [-0.1, -0.05) is 12.8 Å². The summed E-state index contributed by atoms with van der Waals surface area (Å²) in [6.07, 6.45) is 4.14. The van der Waals surface area contributed by atoms with Crippen LogP contribution in [0.1, 0.15) is 25.7 Å². The highest BCUT2D eigenvalue weighted by Gasteiger charge is 2.07. The number of unbranched alkanes of at least 4 members (excludes halogenated alkanes) is 3. The van der Waals surface area contributed by atoms with Gasteiger partial charge >= 0.3 is 5.69 Å². The molecule has 0 atom stereocenters. The maximum Gasteiger partial charge on any atom is 0.346 e. The van der Waals surface area contributed by atoms with Crippen molar-refractivity contribution in [3.05, 3.63) is 20.8 Å². The first-order valence-electron chi connectivity index (χ1n) is 6.16. The highest BCUT2D eigenvalue weighted by Crippen LogP contribution is 1.99. The van der Waals surface area contributed by atoms with Crippen molar-refractivity contribution in [2.45, 2.75) is 25.7 Å². The molecule has 7 nitrogen and oxygen atoms in total. The van der Waals surface area contributed by atoms with Gasteiger partial charge < -0.3 is 11.1 Å². The fourth-order valence-electron chi connectivity index (χ4n) is 1.64. The molecule has 1 rings (SSSR count). The van der Waals surface area contributed by atoms with E-state index in [2.05, 4.69) is 10.4 Å². The second kappa shape index (κ2) is 6.95. The first kappa shape index (κ1) is 14.4. The van der Waals surface area contributed by atoms with E-state index in [9.17, 15) is 9.59 Å². The first-order chi connectivity index (χ1) is 8.57. The average Bonchev–Trinajstić information content (AvgIpc) is 2.37. The number of rotatable bonds is 7. The van der Waals surface area contributed by atoms with Crippen LogP contribution in [-0.2, 0) is 14.1 Å². The molecule has 0 spiro atoms. The molecule has 0 aliphatic rings. The molecule has 0 bridgehead atoms. The standard InChI is InChI=1S/C11H21N5O2/c1-15-10(17)9(14-16(2)11(15)18)13-8-6-4-3-5-7-12/h3-8,12H2,1-2H3,(H,13,14). The summed E-state index contributed by atoms with van der Waals surface area (Å²) in [7, 11) is 2.97. The van der Waals surface area contributed by atoms with Gasteiger partial charge in [-0.2, -0.15) is 0 Å². The van der Waals surface area contributed by atoms with Crippen LogP contribution in [0.3, 0.4) is 0 Å². The lowest BCUT2D eigenvalue weighted by Crippen LogP contribution is -2.40. The minimum absolute atomic E-state index is 0.221. The summed E-state index contributed by atoms with van der Waals surface area (Å²) >= 11 is 0. The van der Waals surface area contributed by atoms with Crippen molar-refractivity contribution < 1.29 is 0 Å². The molecule has 0 aliphatic heterocycles. The maximum absolute atomic E-state index is 11.7. The highest BCUT2D eigenvalue weighted by molar-refractivity contribution is 5.29. The number of anilines is 1. The summed E-state index contributed by atoms with van der Waals surface area (Å²) < 4.78 is 2.20. The molecule has 0 aromatic carbocycles. The Morgan fingerprint density at radius 1 is 1.17 bits per heavy atom. The van der Waals surface area contributed by atoms with E-state index in [0.717, 1.165) is 41.5 Å². The van der Waals surface area contributed by atoms with Crippen molar-refractivity contribution in [3.63, 3.8) is 0 Å². The maximum atomic E-state index is 11.7. The number of hydrogen-bond donors (Lipinski definition) is 2. The van der Waals surface area contributed by atoms with Crippen molar-refractivity contribution in [2.24, 2.45) is 19.8 Å². The van der Waals surface area contributed by atoms with Crippen LogP contribution in [0, 0.1) is 0 Å². The molecule has 18 heavy (non-hydrogen) atoms. The van der Waals surface area contributed by atoms with Gasteiger partial charge in [0.1, 0.15) is 0 Å². The minimum atomic E-state index is -0.423. The molecule has 102 valence electrons. The molecule has 3 N–H and O–H groups in total. The van der Waals surface area contributed by atoms with Gasteiger partial charge in [0.05, 0.1) is 0 Å². The smallest absolute Gasteiger partial charge is 0.346 e. The Bertz CT molecular complexity index is 491. The van der Waals surface area contributed by atoms with Crippen LogP contribution in [-0.4, -0.2) is 27.4 Å². The summed E-state index contributed by atoms with van der Waals surface area (Å²) in [6, 6.07) is 0. The molecule has 0 unspecified atom stereocenters. The van der Waals surface area contributed by atoms with Gasteiger partial charge in [-0.3, -0.25) is 9.36 Å². The van der Waals surface area contributed by atoms with Gasteiger partial charge in [0.2, 0.25) is 5.82 Å². The van der Waals surface area contributed by atoms with E-state index in [0.29, 0.717) is 6.54 Å². The monoisotopic (exact) mass is 255 g/mol. The Morgan fingerprint density at radius 3 is 2.50 bits per heavy atom. The van der Waals surface area contributed by atoms with Crippen LogP contribution in [0.4, 0.5) is 5.82 Å². The molecule has 0 aliphatic carbocycles. The Labute approximate surface area is 106 Å². The summed E-state index contributed by atoms with van der Waals surface area (Å²) in [6.45, 7) is 1.39. The summed E-state index contributed by atoms with van der Waals surface area (Å²) in [5, 5.41) is 6.87. The summed E-state index contributed by atoms with van der Waals surface area (Å²) in [5.41, 5.74) is 4.59. The van der Waals surface area contributed by atoms with E-state index in [4.69, 9.17) is 5.73 Å². The highest BCUT2D eigenvalue weighted by atomic mass is 16.2. The van der Waals surface area contributed by atoms with E-state index in [-0.39, 0.29) is 11.4 Å². The Kier molecular flexibility index (Phi) is 5.57. The van der Waals surface area contributed by atoms with Crippen LogP contribution in [0.2, 0.25) is 0 Å². The van der Waals surface area contributed by atoms with E-state index < -0.39 is 5.69 Å². The lowest BCUT2D eigenvalue weighted by molar-refractivity contribution is 0.601. The van der Waals surface area contributed by atoms with Gasteiger partial charge in [0.15, 0.2) is 0 Å². The summed E-state index contributed by atoms with van der Waals surface area (Å²) in [5.74, 6) is 0.221. The third kappa shape index (κ3) is 3.69. The van der Waals surface area contributed by atoms with Gasteiger partial charge in [-0.25, -0.2) is 9.48 Å². The van der Waals surface area contributed by atoms with Crippen molar-refractivity contribution in [3.8, 4) is 0 Å². The molecule has 0 amide bonds. The lowest BCUT2D eigenvalue weighted by Gasteiger charge is -2.07. The van der Waals surface area contributed by atoms with E-state index >= 15 is 0 Å². The predicted octanol–water partition coefficient (Wildman–Crippen LogP) is -0.590. The fraction of sp³-hybridized carbons (Fsp3) is 0.727. The fourth-order valence-corrected chi connectivity index (χ4v) is 1.64. The van der Waals surface area contributed by atoms with Crippen LogP contribution in [0.25, 0.3) is 0 Å². The zero-order valence-corrected chi connectivity index (χ0v) is 11.0. The molecule has 1 aromatic rings. The second-order valence-corrected chi connectivity index (χ2v) is 4.25. The topological polar surface area (TPSA) is 94.9 Å². The van der Waals surface area contributed by atoms with Crippen molar-refractivity contribution in [1.29, 1.82) is 0 Å². The van der Waals surface area contributed by atoms with Crippen LogP contribution in [0.15, 0.2) is 9.59 Å². The minimum Gasteiger partial charge on any atom is -0.364 e. The molecule has 7 heteroatoms. The predicted molar refractivity (Wildman–Crippen MR) is 70.7 cm³/mol. The van der Waals surface area contributed by atoms with E-state index in [1.165, 1.54) is 14.1 Å². The average molecular weight is 255 g/mol. The largest absolute Gasteiger partial charge is 0.364 e. The number of nitrogens with zero attached hydrogens (tertiary/aromatic N) is 3. The zero-order chi connectivity index (χ0) is 13.5. The molecule has 0 fully saturated rings. The first-order valence-corrected chi connectivity index (χ1v) is 6.16. The van der Waals surface area contributed by atoms with Crippen molar-refractivity contribution in [1.82, 2.24) is 14.3 Å². The van der Waals surface area contributed by atoms with E-state index in [1.807, 2.05) is 0 Å². The molecule has 0 saturated heterocycles. The number of nitrogens with one attached hydrogen (secondary N) is 1. The molecule has 1 heterocycles. The quantitative estimate of drug-likeness (QED) is 0.635.